The molecule has 0 bridgehead atoms. The van der Waals surface area contributed by atoms with Gasteiger partial charge in [-0.15, -0.1) is 0 Å². The summed E-state index contributed by atoms with van der Waals surface area (Å²) in [6.07, 6.45) is 7.07. The van der Waals surface area contributed by atoms with Gasteiger partial charge < -0.3 is 4.90 Å². The highest BCUT2D eigenvalue weighted by atomic mass is 15.2. The number of anilines is 1. The van der Waals surface area contributed by atoms with Gasteiger partial charge in [-0.2, -0.15) is 0 Å². The number of pyridine rings is 1. The summed E-state index contributed by atoms with van der Waals surface area (Å²) >= 11 is 0. The van der Waals surface area contributed by atoms with Crippen LogP contribution in [-0.2, 0) is 19.4 Å². The third-order valence-electron chi connectivity index (χ3n) is 4.74. The van der Waals surface area contributed by atoms with Gasteiger partial charge in [0.05, 0.1) is 11.9 Å². The molecular weight excluding hydrogens is 256 g/mol. The predicted octanol–water partition coefficient (Wildman–Crippen LogP) is 4.26. The minimum Gasteiger partial charge on any atom is -0.336 e. The molecule has 106 valence electrons. The zero-order chi connectivity index (χ0) is 14.4. The van der Waals surface area contributed by atoms with Crippen molar-refractivity contribution in [2.24, 2.45) is 0 Å². The number of fused-ring (bicyclic) bond motifs is 2. The number of hydrogen-bond acceptors (Lipinski definition) is 2. The average Bonchev–Trinajstić information content (AvgIpc) is 2.82. The standard InChI is InChI=1S/C19H20N2/c1-13-7-8-18(11-20-13)21-12-17-9-15-5-3-4-6-16(15)10-19(17)14(21)2/h7-11H,2-6,12H2,1H3. The average molecular weight is 276 g/mol. The molecule has 2 heterocycles. The van der Waals surface area contributed by atoms with Gasteiger partial charge in [-0.05, 0) is 67.5 Å². The van der Waals surface area contributed by atoms with Crippen molar-refractivity contribution in [1.82, 2.24) is 4.98 Å². The molecule has 0 saturated carbocycles. The van der Waals surface area contributed by atoms with E-state index in [4.69, 9.17) is 0 Å². The molecule has 0 N–H and O–H groups in total. The topological polar surface area (TPSA) is 16.1 Å². The van der Waals surface area contributed by atoms with Crippen molar-refractivity contribution >= 4 is 11.4 Å². The molecule has 0 unspecified atom stereocenters. The predicted molar refractivity (Wildman–Crippen MR) is 87.3 cm³/mol. The van der Waals surface area contributed by atoms with E-state index in [0.717, 1.165) is 23.6 Å². The molecule has 2 nitrogen and oxygen atoms in total. The zero-order valence-electron chi connectivity index (χ0n) is 12.5. The molecule has 2 aromatic rings. The SMILES string of the molecule is C=C1c2cc3c(cc2CN1c1ccc(C)nc1)CCCC3. The Hall–Kier alpha value is -2.09. The summed E-state index contributed by atoms with van der Waals surface area (Å²) in [5.74, 6) is 0. The number of rotatable bonds is 1. The van der Waals surface area contributed by atoms with Crippen molar-refractivity contribution in [1.29, 1.82) is 0 Å². The summed E-state index contributed by atoms with van der Waals surface area (Å²) < 4.78 is 0. The Kier molecular flexibility index (Phi) is 2.85. The monoisotopic (exact) mass is 276 g/mol. The summed E-state index contributed by atoms with van der Waals surface area (Å²) in [5.41, 5.74) is 9.14. The van der Waals surface area contributed by atoms with Crippen molar-refractivity contribution in [3.63, 3.8) is 0 Å². The van der Waals surface area contributed by atoms with Gasteiger partial charge in [-0.3, -0.25) is 4.98 Å². The quantitative estimate of drug-likeness (QED) is 0.773. The largest absolute Gasteiger partial charge is 0.336 e. The van der Waals surface area contributed by atoms with Gasteiger partial charge in [0.25, 0.3) is 0 Å². The molecule has 4 rings (SSSR count). The Morgan fingerprint density at radius 3 is 2.52 bits per heavy atom. The van der Waals surface area contributed by atoms with E-state index in [2.05, 4.69) is 40.7 Å². The summed E-state index contributed by atoms with van der Waals surface area (Å²) in [5, 5.41) is 0. The summed E-state index contributed by atoms with van der Waals surface area (Å²) in [7, 11) is 0. The van der Waals surface area contributed by atoms with Gasteiger partial charge in [0.2, 0.25) is 0 Å². The minimum atomic E-state index is 0.923. The van der Waals surface area contributed by atoms with Crippen LogP contribution in [0.4, 0.5) is 5.69 Å². The Labute approximate surface area is 126 Å². The molecular formula is C19H20N2. The van der Waals surface area contributed by atoms with E-state index in [1.807, 2.05) is 13.1 Å². The molecule has 2 aliphatic rings. The summed E-state index contributed by atoms with van der Waals surface area (Å²) in [4.78, 5) is 6.70. The Morgan fingerprint density at radius 2 is 1.81 bits per heavy atom. The zero-order valence-corrected chi connectivity index (χ0v) is 12.5. The van der Waals surface area contributed by atoms with Crippen LogP contribution in [0.15, 0.2) is 37.0 Å². The van der Waals surface area contributed by atoms with Crippen LogP contribution in [0.2, 0.25) is 0 Å². The van der Waals surface area contributed by atoms with E-state index in [1.165, 1.54) is 42.4 Å². The molecule has 0 saturated heterocycles. The lowest BCUT2D eigenvalue weighted by molar-refractivity contribution is 0.684. The van der Waals surface area contributed by atoms with Crippen LogP contribution in [-0.4, -0.2) is 4.98 Å². The second-order valence-corrected chi connectivity index (χ2v) is 6.18. The van der Waals surface area contributed by atoms with Gasteiger partial charge in [-0.25, -0.2) is 0 Å². The van der Waals surface area contributed by atoms with Crippen LogP contribution in [0.1, 0.15) is 40.8 Å². The van der Waals surface area contributed by atoms with Crippen LogP contribution >= 0.6 is 0 Å². The molecule has 1 aliphatic heterocycles. The van der Waals surface area contributed by atoms with Gasteiger partial charge >= 0.3 is 0 Å². The number of benzene rings is 1. The Morgan fingerprint density at radius 1 is 1.05 bits per heavy atom. The first-order valence-corrected chi connectivity index (χ1v) is 7.76. The van der Waals surface area contributed by atoms with Gasteiger partial charge in [0.15, 0.2) is 0 Å². The molecule has 21 heavy (non-hydrogen) atoms. The highest BCUT2D eigenvalue weighted by Crippen LogP contribution is 2.38. The van der Waals surface area contributed by atoms with E-state index in [1.54, 1.807) is 5.56 Å². The second-order valence-electron chi connectivity index (χ2n) is 6.18. The fourth-order valence-electron chi connectivity index (χ4n) is 3.51. The number of nitrogens with zero attached hydrogens (tertiary/aromatic N) is 2. The maximum atomic E-state index is 4.42. The van der Waals surface area contributed by atoms with Crippen molar-refractivity contribution in [2.45, 2.75) is 39.2 Å². The van der Waals surface area contributed by atoms with E-state index in [0.29, 0.717) is 0 Å². The maximum Gasteiger partial charge on any atom is 0.0600 e. The van der Waals surface area contributed by atoms with E-state index < -0.39 is 0 Å². The molecule has 0 spiro atoms. The Balaban J connectivity index is 1.72. The Bertz CT molecular complexity index is 713. The fraction of sp³-hybridized carbons (Fsp3) is 0.316. The first-order valence-electron chi connectivity index (χ1n) is 7.76. The molecule has 2 heteroatoms. The van der Waals surface area contributed by atoms with Crippen molar-refractivity contribution < 1.29 is 0 Å². The highest BCUT2D eigenvalue weighted by Gasteiger charge is 2.25. The van der Waals surface area contributed by atoms with Crippen LogP contribution < -0.4 is 4.90 Å². The first-order chi connectivity index (χ1) is 10.2. The molecule has 0 amide bonds. The fourth-order valence-corrected chi connectivity index (χ4v) is 3.51. The molecule has 1 aromatic heterocycles. The lowest BCUT2D eigenvalue weighted by Gasteiger charge is -2.19. The van der Waals surface area contributed by atoms with Gasteiger partial charge in [0, 0.05) is 23.5 Å². The van der Waals surface area contributed by atoms with Crippen LogP contribution in [0.3, 0.4) is 0 Å². The third-order valence-corrected chi connectivity index (χ3v) is 4.74. The normalized spacial score (nSPS) is 16.8. The maximum absolute atomic E-state index is 4.42. The van der Waals surface area contributed by atoms with Crippen LogP contribution in [0.25, 0.3) is 5.70 Å². The molecule has 1 aliphatic carbocycles. The van der Waals surface area contributed by atoms with Crippen LogP contribution in [0, 0.1) is 6.92 Å². The molecule has 0 fully saturated rings. The summed E-state index contributed by atoms with van der Waals surface area (Å²) in [6, 6.07) is 9.00. The molecule has 0 radical (unpaired) electrons. The van der Waals surface area contributed by atoms with Crippen LogP contribution in [0.5, 0.6) is 0 Å². The smallest absolute Gasteiger partial charge is 0.0600 e. The van der Waals surface area contributed by atoms with E-state index in [-0.39, 0.29) is 0 Å². The van der Waals surface area contributed by atoms with Crippen molar-refractivity contribution in [2.75, 3.05) is 4.90 Å². The van der Waals surface area contributed by atoms with Crippen molar-refractivity contribution in [3.8, 4) is 0 Å². The number of aryl methyl sites for hydroxylation is 3. The lowest BCUT2D eigenvalue weighted by Crippen LogP contribution is -2.13. The molecule has 0 atom stereocenters. The first kappa shape index (κ1) is 12.6. The highest BCUT2D eigenvalue weighted by molar-refractivity contribution is 5.84. The van der Waals surface area contributed by atoms with E-state index in [9.17, 15) is 0 Å². The van der Waals surface area contributed by atoms with Gasteiger partial charge in [-0.1, -0.05) is 12.6 Å². The molecule has 1 aromatic carbocycles. The third kappa shape index (κ3) is 2.06. The second kappa shape index (κ2) is 4.73. The number of hydrogen-bond donors (Lipinski definition) is 0. The van der Waals surface area contributed by atoms with E-state index >= 15 is 0 Å². The van der Waals surface area contributed by atoms with Gasteiger partial charge in [0.1, 0.15) is 0 Å². The number of aromatic nitrogens is 1. The minimum absolute atomic E-state index is 0.923. The summed E-state index contributed by atoms with van der Waals surface area (Å²) in [6.45, 7) is 7.26. The lowest BCUT2D eigenvalue weighted by atomic mass is 9.88. The van der Waals surface area contributed by atoms with Crippen molar-refractivity contribution in [3.05, 3.63) is 65.0 Å².